The van der Waals surface area contributed by atoms with E-state index in [1.165, 1.54) is 11.1 Å². The van der Waals surface area contributed by atoms with Gasteiger partial charge in [-0.1, -0.05) is 24.3 Å². The third-order valence-electron chi connectivity index (χ3n) is 4.55. The molecule has 0 aromatic heterocycles. The van der Waals surface area contributed by atoms with E-state index in [4.69, 9.17) is 4.74 Å². The van der Waals surface area contributed by atoms with Crippen LogP contribution < -0.4 is 5.32 Å². The maximum absolute atomic E-state index is 12.7. The molecule has 2 aliphatic carbocycles. The van der Waals surface area contributed by atoms with Crippen molar-refractivity contribution in [2.45, 2.75) is 51.1 Å². The number of fused-ring (bicyclic) bond motifs is 1. The van der Waals surface area contributed by atoms with Gasteiger partial charge >= 0.3 is 6.09 Å². The van der Waals surface area contributed by atoms with Crippen LogP contribution in [0, 0.1) is 0 Å². The van der Waals surface area contributed by atoms with Crippen LogP contribution in [0.25, 0.3) is 0 Å². The van der Waals surface area contributed by atoms with E-state index < -0.39 is 6.09 Å². The minimum Gasteiger partial charge on any atom is -0.450 e. The lowest BCUT2D eigenvalue weighted by atomic mass is 10.1. The van der Waals surface area contributed by atoms with Gasteiger partial charge in [-0.15, -0.1) is 0 Å². The minimum atomic E-state index is -0.454. The smallest absolute Gasteiger partial charge is 0.407 e. The Balaban J connectivity index is 1.61. The summed E-state index contributed by atoms with van der Waals surface area (Å²) in [6, 6.07) is 9.00. The third kappa shape index (κ3) is 3.66. The summed E-state index contributed by atoms with van der Waals surface area (Å²) >= 11 is 0. The van der Waals surface area contributed by atoms with E-state index in [0.717, 1.165) is 25.7 Å². The molecular formula is C18H24N2O3. The standard InChI is InChI=1S/C18H24N2O3/c1-2-23-18(22)19-12-11-17(21)20(14-8-9-14)16-10-7-13-5-3-4-6-15(13)16/h3-6,14,16H,2,7-12H2,1H3,(H,19,22). The summed E-state index contributed by atoms with van der Waals surface area (Å²) in [4.78, 5) is 26.1. The maximum atomic E-state index is 12.7. The lowest BCUT2D eigenvalue weighted by Gasteiger charge is -2.30. The van der Waals surface area contributed by atoms with Gasteiger partial charge in [0.2, 0.25) is 5.91 Å². The van der Waals surface area contributed by atoms with Crippen molar-refractivity contribution >= 4 is 12.0 Å². The number of alkyl carbamates (subject to hydrolysis) is 1. The van der Waals surface area contributed by atoms with Crippen LogP contribution in [0.4, 0.5) is 4.79 Å². The molecular weight excluding hydrogens is 292 g/mol. The first-order valence-electron chi connectivity index (χ1n) is 8.50. The molecule has 3 rings (SSSR count). The number of carbonyl (C=O) groups excluding carboxylic acids is 2. The highest BCUT2D eigenvalue weighted by atomic mass is 16.5. The zero-order valence-electron chi connectivity index (χ0n) is 13.6. The van der Waals surface area contributed by atoms with Gasteiger partial charge in [0, 0.05) is 19.0 Å². The third-order valence-corrected chi connectivity index (χ3v) is 4.55. The fourth-order valence-corrected chi connectivity index (χ4v) is 3.39. The van der Waals surface area contributed by atoms with E-state index in [1.54, 1.807) is 6.92 Å². The van der Waals surface area contributed by atoms with E-state index in [1.807, 2.05) is 0 Å². The van der Waals surface area contributed by atoms with E-state index in [0.29, 0.717) is 25.6 Å². The summed E-state index contributed by atoms with van der Waals surface area (Å²) in [5, 5.41) is 2.63. The number of hydrogen-bond donors (Lipinski definition) is 1. The van der Waals surface area contributed by atoms with Crippen molar-refractivity contribution < 1.29 is 14.3 Å². The van der Waals surface area contributed by atoms with Gasteiger partial charge in [-0.05, 0) is 43.7 Å². The molecule has 1 saturated carbocycles. The second kappa shape index (κ2) is 7.02. The van der Waals surface area contributed by atoms with Crippen LogP contribution in [0.1, 0.15) is 49.8 Å². The molecule has 1 aromatic rings. The van der Waals surface area contributed by atoms with Crippen molar-refractivity contribution in [3.63, 3.8) is 0 Å². The SMILES string of the molecule is CCOC(=O)NCCC(=O)N(C1CC1)C1CCc2ccccc21. The number of benzene rings is 1. The van der Waals surface area contributed by atoms with Crippen molar-refractivity contribution in [1.29, 1.82) is 0 Å². The zero-order chi connectivity index (χ0) is 16.2. The molecule has 0 bridgehead atoms. The predicted octanol–water partition coefficient (Wildman–Crippen LogP) is 2.80. The molecule has 0 heterocycles. The Labute approximate surface area is 137 Å². The second-order valence-corrected chi connectivity index (χ2v) is 6.18. The van der Waals surface area contributed by atoms with Crippen LogP contribution in [0.5, 0.6) is 0 Å². The number of amides is 2. The molecule has 124 valence electrons. The molecule has 0 radical (unpaired) electrons. The molecule has 0 aliphatic heterocycles. The van der Waals surface area contributed by atoms with E-state index in [9.17, 15) is 9.59 Å². The topological polar surface area (TPSA) is 58.6 Å². The van der Waals surface area contributed by atoms with Gasteiger partial charge in [-0.25, -0.2) is 4.79 Å². The first-order chi connectivity index (χ1) is 11.2. The highest BCUT2D eigenvalue weighted by Crippen LogP contribution is 2.41. The number of nitrogens with zero attached hydrogens (tertiary/aromatic N) is 1. The molecule has 2 amide bonds. The Morgan fingerprint density at radius 3 is 2.78 bits per heavy atom. The number of carbonyl (C=O) groups is 2. The lowest BCUT2D eigenvalue weighted by molar-refractivity contribution is -0.134. The highest BCUT2D eigenvalue weighted by molar-refractivity contribution is 5.78. The fraction of sp³-hybridized carbons (Fsp3) is 0.556. The molecule has 1 fully saturated rings. The normalized spacial score (nSPS) is 19.1. The van der Waals surface area contributed by atoms with Gasteiger partial charge in [0.25, 0.3) is 0 Å². The Morgan fingerprint density at radius 1 is 1.26 bits per heavy atom. The summed E-state index contributed by atoms with van der Waals surface area (Å²) in [5.41, 5.74) is 2.66. The number of ether oxygens (including phenoxy) is 1. The lowest BCUT2D eigenvalue weighted by Crippen LogP contribution is -2.38. The molecule has 5 heteroatoms. The Kier molecular flexibility index (Phi) is 4.84. The van der Waals surface area contributed by atoms with Gasteiger partial charge < -0.3 is 15.0 Å². The largest absolute Gasteiger partial charge is 0.450 e. The summed E-state index contributed by atoms with van der Waals surface area (Å²) < 4.78 is 4.82. The molecule has 0 saturated heterocycles. The summed E-state index contributed by atoms with van der Waals surface area (Å²) in [7, 11) is 0. The van der Waals surface area contributed by atoms with E-state index >= 15 is 0 Å². The Morgan fingerprint density at radius 2 is 2.04 bits per heavy atom. The van der Waals surface area contributed by atoms with Crippen LogP contribution in [-0.2, 0) is 16.0 Å². The average Bonchev–Trinajstić information content (AvgIpc) is 3.28. The number of nitrogens with one attached hydrogen (secondary N) is 1. The van der Waals surface area contributed by atoms with Crippen LogP contribution in [0.15, 0.2) is 24.3 Å². The van der Waals surface area contributed by atoms with Crippen molar-refractivity contribution in [3.05, 3.63) is 35.4 Å². The molecule has 1 N–H and O–H groups in total. The van der Waals surface area contributed by atoms with Crippen molar-refractivity contribution in [3.8, 4) is 0 Å². The molecule has 1 aromatic carbocycles. The zero-order valence-corrected chi connectivity index (χ0v) is 13.6. The highest BCUT2D eigenvalue weighted by Gasteiger charge is 2.39. The average molecular weight is 316 g/mol. The first-order valence-corrected chi connectivity index (χ1v) is 8.50. The monoisotopic (exact) mass is 316 g/mol. The molecule has 1 atom stereocenters. The van der Waals surface area contributed by atoms with Gasteiger partial charge in [0.05, 0.1) is 12.6 Å². The van der Waals surface area contributed by atoms with Crippen molar-refractivity contribution in [2.24, 2.45) is 0 Å². The quantitative estimate of drug-likeness (QED) is 0.878. The number of rotatable bonds is 6. The number of hydrogen-bond acceptors (Lipinski definition) is 3. The Bertz CT molecular complexity index is 583. The fourth-order valence-electron chi connectivity index (χ4n) is 3.39. The van der Waals surface area contributed by atoms with Gasteiger partial charge in [-0.3, -0.25) is 4.79 Å². The summed E-state index contributed by atoms with van der Waals surface area (Å²) in [6.45, 7) is 2.43. The van der Waals surface area contributed by atoms with Crippen molar-refractivity contribution in [1.82, 2.24) is 10.2 Å². The van der Waals surface area contributed by atoms with E-state index in [2.05, 4.69) is 34.5 Å². The van der Waals surface area contributed by atoms with Crippen LogP contribution in [0.2, 0.25) is 0 Å². The summed E-state index contributed by atoms with van der Waals surface area (Å²) in [6.07, 6.45) is 4.11. The van der Waals surface area contributed by atoms with Gasteiger partial charge in [-0.2, -0.15) is 0 Å². The van der Waals surface area contributed by atoms with Crippen LogP contribution in [0.3, 0.4) is 0 Å². The molecule has 23 heavy (non-hydrogen) atoms. The predicted molar refractivity (Wildman–Crippen MR) is 87.0 cm³/mol. The van der Waals surface area contributed by atoms with Crippen LogP contribution >= 0.6 is 0 Å². The molecule has 1 unspecified atom stereocenters. The van der Waals surface area contributed by atoms with Crippen molar-refractivity contribution in [2.75, 3.05) is 13.2 Å². The van der Waals surface area contributed by atoms with Crippen LogP contribution in [-0.4, -0.2) is 36.1 Å². The second-order valence-electron chi connectivity index (χ2n) is 6.18. The van der Waals surface area contributed by atoms with Gasteiger partial charge in [0.15, 0.2) is 0 Å². The molecule has 0 spiro atoms. The summed E-state index contributed by atoms with van der Waals surface area (Å²) in [5.74, 6) is 0.131. The first kappa shape index (κ1) is 15.8. The van der Waals surface area contributed by atoms with Gasteiger partial charge in [0.1, 0.15) is 0 Å². The molecule has 2 aliphatic rings. The number of aryl methyl sites for hydroxylation is 1. The maximum Gasteiger partial charge on any atom is 0.407 e. The minimum absolute atomic E-state index is 0.131. The Hall–Kier alpha value is -2.04. The van der Waals surface area contributed by atoms with E-state index in [-0.39, 0.29) is 11.9 Å². The molecule has 5 nitrogen and oxygen atoms in total.